The fraction of sp³-hybridized carbons (Fsp3) is 0.143. The Kier molecular flexibility index (Phi) is 7.99. The fourth-order valence-electron chi connectivity index (χ4n) is 3.77. The Hall–Kier alpha value is -3.46. The van der Waals surface area contributed by atoms with E-state index in [1.165, 1.54) is 34.2 Å². The van der Waals surface area contributed by atoms with Crippen LogP contribution in [-0.4, -0.2) is 32.2 Å². The zero-order valence-electron chi connectivity index (χ0n) is 20.1. The second-order valence-electron chi connectivity index (χ2n) is 8.36. The highest BCUT2D eigenvalue weighted by Crippen LogP contribution is 2.33. The highest BCUT2D eigenvalue weighted by atomic mass is 35.5. The van der Waals surface area contributed by atoms with E-state index in [2.05, 4.69) is 51.7 Å². The van der Waals surface area contributed by atoms with E-state index in [1.807, 2.05) is 59.2 Å². The topological polar surface area (TPSA) is 72.7 Å². The van der Waals surface area contributed by atoms with Gasteiger partial charge in [0.2, 0.25) is 0 Å². The summed E-state index contributed by atoms with van der Waals surface area (Å²) in [5.74, 6) is 1.08. The molecule has 5 rings (SSSR count). The van der Waals surface area contributed by atoms with Gasteiger partial charge in [-0.2, -0.15) is 0 Å². The summed E-state index contributed by atoms with van der Waals surface area (Å²) in [6.07, 6.45) is 0.780. The molecule has 0 bridgehead atoms. The van der Waals surface area contributed by atoms with Gasteiger partial charge < -0.3 is 5.32 Å². The van der Waals surface area contributed by atoms with E-state index in [1.54, 1.807) is 5.38 Å². The molecular formula is C28H24ClN5OS2. The van der Waals surface area contributed by atoms with Crippen LogP contribution in [0.5, 0.6) is 0 Å². The Morgan fingerprint density at radius 2 is 1.76 bits per heavy atom. The number of aromatic nitrogens is 4. The summed E-state index contributed by atoms with van der Waals surface area (Å²) in [6.45, 7) is 2.62. The van der Waals surface area contributed by atoms with E-state index < -0.39 is 0 Å². The Balaban J connectivity index is 1.30. The van der Waals surface area contributed by atoms with Crippen LogP contribution < -0.4 is 5.32 Å². The average molecular weight is 546 g/mol. The molecule has 0 atom stereocenters. The molecule has 0 unspecified atom stereocenters. The Labute approximate surface area is 228 Å². The molecule has 0 aliphatic heterocycles. The van der Waals surface area contributed by atoms with Crippen LogP contribution in [0.4, 0.5) is 0 Å². The molecule has 0 aliphatic rings. The summed E-state index contributed by atoms with van der Waals surface area (Å²) in [4.78, 5) is 17.1. The largest absolute Gasteiger partial charge is 0.350 e. The van der Waals surface area contributed by atoms with Crippen molar-refractivity contribution < 1.29 is 4.79 Å². The first-order valence-corrected chi connectivity index (χ1v) is 14.0. The van der Waals surface area contributed by atoms with Gasteiger partial charge in [0.1, 0.15) is 10.7 Å². The number of rotatable bonds is 9. The first kappa shape index (κ1) is 25.2. The van der Waals surface area contributed by atoms with Gasteiger partial charge in [0, 0.05) is 23.2 Å². The molecule has 9 heteroatoms. The van der Waals surface area contributed by atoms with Gasteiger partial charge in [-0.15, -0.1) is 21.5 Å². The summed E-state index contributed by atoms with van der Waals surface area (Å²) in [5, 5.41) is 15.9. The summed E-state index contributed by atoms with van der Waals surface area (Å²) < 4.78 is 2.01. The number of aryl methyl sites for hydroxylation is 1. The van der Waals surface area contributed by atoms with E-state index >= 15 is 0 Å². The molecule has 2 heterocycles. The number of benzene rings is 3. The van der Waals surface area contributed by atoms with Crippen LogP contribution in [0.15, 0.2) is 89.4 Å². The van der Waals surface area contributed by atoms with Gasteiger partial charge in [0.05, 0.1) is 10.8 Å². The van der Waals surface area contributed by atoms with Gasteiger partial charge in [-0.25, -0.2) is 4.98 Å². The third-order valence-electron chi connectivity index (χ3n) is 5.69. The summed E-state index contributed by atoms with van der Waals surface area (Å²) >= 11 is 9.48. The van der Waals surface area contributed by atoms with Crippen LogP contribution in [0.2, 0.25) is 5.02 Å². The van der Waals surface area contributed by atoms with Gasteiger partial charge >= 0.3 is 0 Å². The number of halogens is 1. The van der Waals surface area contributed by atoms with Crippen LogP contribution in [0.25, 0.3) is 17.1 Å². The van der Waals surface area contributed by atoms with Crippen molar-refractivity contribution in [1.82, 2.24) is 25.1 Å². The average Bonchev–Trinajstić information content (AvgIpc) is 3.56. The quantitative estimate of drug-likeness (QED) is 0.211. The molecule has 37 heavy (non-hydrogen) atoms. The number of hydrogen-bond donors (Lipinski definition) is 1. The normalized spacial score (nSPS) is 11.0. The zero-order valence-corrected chi connectivity index (χ0v) is 22.5. The lowest BCUT2D eigenvalue weighted by Crippen LogP contribution is -2.26. The first-order valence-electron chi connectivity index (χ1n) is 11.7. The molecule has 0 aliphatic carbocycles. The maximum absolute atomic E-state index is 12.6. The highest BCUT2D eigenvalue weighted by molar-refractivity contribution is 7.98. The summed E-state index contributed by atoms with van der Waals surface area (Å²) in [5.41, 5.74) is 4.55. The van der Waals surface area contributed by atoms with Gasteiger partial charge in [-0.1, -0.05) is 83.5 Å². The van der Waals surface area contributed by atoms with Crippen molar-refractivity contribution in [2.24, 2.45) is 0 Å². The molecule has 1 N–H and O–H groups in total. The van der Waals surface area contributed by atoms with Crippen molar-refractivity contribution in [3.05, 3.63) is 111 Å². The van der Waals surface area contributed by atoms with E-state index in [0.29, 0.717) is 28.8 Å². The van der Waals surface area contributed by atoms with E-state index in [9.17, 15) is 4.79 Å². The third-order valence-corrected chi connectivity index (χ3v) is 7.99. The number of carbonyl (C=O) groups is 1. The van der Waals surface area contributed by atoms with Crippen LogP contribution in [0, 0.1) is 6.92 Å². The van der Waals surface area contributed by atoms with E-state index in [0.717, 1.165) is 27.8 Å². The van der Waals surface area contributed by atoms with E-state index in [-0.39, 0.29) is 5.91 Å². The molecule has 1 amide bonds. The Morgan fingerprint density at radius 1 is 1.00 bits per heavy atom. The van der Waals surface area contributed by atoms with Crippen LogP contribution in [-0.2, 0) is 12.2 Å². The maximum atomic E-state index is 12.6. The number of amides is 1. The molecule has 0 fully saturated rings. The highest BCUT2D eigenvalue weighted by Gasteiger charge is 2.19. The number of thioether (sulfide) groups is 1. The molecule has 0 radical (unpaired) electrons. The lowest BCUT2D eigenvalue weighted by molar-refractivity contribution is 0.0949. The number of thiazole rings is 1. The molecule has 3 aromatic carbocycles. The SMILES string of the molecule is Cc1ccc(-n2c(SCc3nc(C(=O)NCCc4ccccc4)cs3)nnc2-c2ccccc2Cl)cc1. The molecule has 5 aromatic rings. The van der Waals surface area contributed by atoms with Crippen molar-refractivity contribution in [3.8, 4) is 17.1 Å². The van der Waals surface area contributed by atoms with Gasteiger partial charge in [0.25, 0.3) is 5.91 Å². The smallest absolute Gasteiger partial charge is 0.270 e. The van der Waals surface area contributed by atoms with Crippen molar-refractivity contribution in [2.45, 2.75) is 24.3 Å². The monoisotopic (exact) mass is 545 g/mol. The van der Waals surface area contributed by atoms with Crippen molar-refractivity contribution in [1.29, 1.82) is 0 Å². The number of nitrogens with zero attached hydrogens (tertiary/aromatic N) is 4. The molecule has 2 aromatic heterocycles. The number of nitrogens with one attached hydrogen (secondary N) is 1. The van der Waals surface area contributed by atoms with Crippen molar-refractivity contribution in [2.75, 3.05) is 6.54 Å². The van der Waals surface area contributed by atoms with Gasteiger partial charge in [-0.3, -0.25) is 9.36 Å². The summed E-state index contributed by atoms with van der Waals surface area (Å²) in [6, 6.07) is 25.9. The zero-order chi connectivity index (χ0) is 25.6. The summed E-state index contributed by atoms with van der Waals surface area (Å²) in [7, 11) is 0. The Bertz CT molecular complexity index is 1500. The molecule has 6 nitrogen and oxygen atoms in total. The second kappa shape index (κ2) is 11.7. The molecule has 0 saturated heterocycles. The predicted octanol–water partition coefficient (Wildman–Crippen LogP) is 6.62. The van der Waals surface area contributed by atoms with Crippen molar-refractivity contribution >= 4 is 40.6 Å². The first-order chi connectivity index (χ1) is 18.1. The minimum atomic E-state index is -0.160. The van der Waals surface area contributed by atoms with Gasteiger partial charge in [-0.05, 0) is 43.2 Å². The minimum Gasteiger partial charge on any atom is -0.350 e. The van der Waals surface area contributed by atoms with E-state index in [4.69, 9.17) is 11.6 Å². The van der Waals surface area contributed by atoms with Gasteiger partial charge in [0.15, 0.2) is 11.0 Å². The maximum Gasteiger partial charge on any atom is 0.270 e. The third kappa shape index (κ3) is 6.10. The second-order valence-corrected chi connectivity index (χ2v) is 10.7. The minimum absolute atomic E-state index is 0.160. The predicted molar refractivity (Wildman–Crippen MR) is 151 cm³/mol. The lowest BCUT2D eigenvalue weighted by Gasteiger charge is -2.11. The molecule has 186 valence electrons. The molecule has 0 spiro atoms. The Morgan fingerprint density at radius 3 is 2.54 bits per heavy atom. The van der Waals surface area contributed by atoms with Crippen molar-refractivity contribution in [3.63, 3.8) is 0 Å². The standard InChI is InChI=1S/C28H24ClN5OS2/c1-19-11-13-21(14-12-19)34-26(22-9-5-6-10-23(22)29)32-33-28(34)37-18-25-31-24(17-36-25)27(35)30-16-15-20-7-3-2-4-8-20/h2-14,17H,15-16,18H2,1H3,(H,30,35). The number of hydrogen-bond acceptors (Lipinski definition) is 6. The number of carbonyl (C=O) groups excluding carboxylic acids is 1. The van der Waals surface area contributed by atoms with Crippen LogP contribution >= 0.6 is 34.7 Å². The fourth-order valence-corrected chi connectivity index (χ4v) is 5.73. The molecular weight excluding hydrogens is 522 g/mol. The van der Waals surface area contributed by atoms with Crippen LogP contribution in [0.1, 0.15) is 26.6 Å². The van der Waals surface area contributed by atoms with Crippen LogP contribution in [0.3, 0.4) is 0 Å². The molecule has 0 saturated carbocycles. The lowest BCUT2D eigenvalue weighted by atomic mass is 10.1.